The molecule has 2 heteroatoms. The molecule has 0 radical (unpaired) electrons. The van der Waals surface area contributed by atoms with Crippen LogP contribution in [0.15, 0.2) is 18.2 Å². The lowest BCUT2D eigenvalue weighted by molar-refractivity contribution is 0.608. The van der Waals surface area contributed by atoms with Gasteiger partial charge in [0.2, 0.25) is 0 Å². The van der Waals surface area contributed by atoms with E-state index in [0.717, 1.165) is 17.3 Å². The largest absolute Gasteiger partial charge is 0.384 e. The molecule has 0 saturated carbocycles. The van der Waals surface area contributed by atoms with Gasteiger partial charge in [-0.15, -0.1) is 0 Å². The van der Waals surface area contributed by atoms with Crippen molar-refractivity contribution in [2.45, 2.75) is 25.7 Å². The standard InChI is InChI=1S/C11H14ClN/c1-2-8-6-7-13-11-9(8)4-3-5-10(11)12/h3-5,8,13H,2,6-7H2,1H3. The first kappa shape index (κ1) is 8.89. The Kier molecular flexibility index (Phi) is 2.45. The lowest BCUT2D eigenvalue weighted by Crippen LogP contribution is -2.16. The Labute approximate surface area is 84.1 Å². The second-order valence-corrected chi connectivity index (χ2v) is 3.93. The first-order valence-corrected chi connectivity index (χ1v) is 5.23. The van der Waals surface area contributed by atoms with Crippen LogP contribution in [0.4, 0.5) is 5.69 Å². The van der Waals surface area contributed by atoms with Gasteiger partial charge in [-0.05, 0) is 30.4 Å². The second kappa shape index (κ2) is 3.59. The molecule has 1 aromatic rings. The summed E-state index contributed by atoms with van der Waals surface area (Å²) in [5, 5.41) is 4.22. The molecule has 1 atom stereocenters. The van der Waals surface area contributed by atoms with E-state index in [9.17, 15) is 0 Å². The number of hydrogen-bond donors (Lipinski definition) is 1. The zero-order valence-electron chi connectivity index (χ0n) is 7.81. The highest BCUT2D eigenvalue weighted by molar-refractivity contribution is 6.33. The van der Waals surface area contributed by atoms with Crippen LogP contribution in [0.25, 0.3) is 0 Å². The number of hydrogen-bond acceptors (Lipinski definition) is 1. The van der Waals surface area contributed by atoms with E-state index in [1.165, 1.54) is 18.4 Å². The average molecular weight is 196 g/mol. The Morgan fingerprint density at radius 2 is 2.38 bits per heavy atom. The molecule has 0 bridgehead atoms. The maximum atomic E-state index is 6.10. The highest BCUT2D eigenvalue weighted by atomic mass is 35.5. The summed E-state index contributed by atoms with van der Waals surface area (Å²) in [6, 6.07) is 6.17. The minimum atomic E-state index is 0.690. The van der Waals surface area contributed by atoms with Crippen LogP contribution in [0, 0.1) is 0 Å². The molecule has 1 unspecified atom stereocenters. The zero-order chi connectivity index (χ0) is 9.26. The molecule has 0 saturated heterocycles. The van der Waals surface area contributed by atoms with Gasteiger partial charge in [-0.25, -0.2) is 0 Å². The monoisotopic (exact) mass is 195 g/mol. The molecule has 0 spiro atoms. The molecular formula is C11H14ClN. The van der Waals surface area contributed by atoms with Crippen molar-refractivity contribution in [3.63, 3.8) is 0 Å². The van der Waals surface area contributed by atoms with Gasteiger partial charge in [0.25, 0.3) is 0 Å². The van der Waals surface area contributed by atoms with Gasteiger partial charge in [0, 0.05) is 6.54 Å². The van der Waals surface area contributed by atoms with Crippen LogP contribution in [-0.4, -0.2) is 6.54 Å². The molecule has 0 fully saturated rings. The Balaban J connectivity index is 2.45. The average Bonchev–Trinajstić information content (AvgIpc) is 2.18. The van der Waals surface area contributed by atoms with Crippen molar-refractivity contribution in [2.24, 2.45) is 0 Å². The molecular weight excluding hydrogens is 182 g/mol. The van der Waals surface area contributed by atoms with Crippen molar-refractivity contribution >= 4 is 17.3 Å². The molecule has 1 nitrogen and oxygen atoms in total. The minimum absolute atomic E-state index is 0.690. The molecule has 1 aliphatic rings. The second-order valence-electron chi connectivity index (χ2n) is 3.52. The number of rotatable bonds is 1. The van der Waals surface area contributed by atoms with E-state index < -0.39 is 0 Å². The van der Waals surface area contributed by atoms with Crippen LogP contribution < -0.4 is 5.32 Å². The van der Waals surface area contributed by atoms with E-state index in [-0.39, 0.29) is 0 Å². The van der Waals surface area contributed by atoms with E-state index in [0.29, 0.717) is 5.92 Å². The molecule has 0 aromatic heterocycles. The highest BCUT2D eigenvalue weighted by Crippen LogP contribution is 2.37. The fourth-order valence-corrected chi connectivity index (χ4v) is 2.27. The summed E-state index contributed by atoms with van der Waals surface area (Å²) < 4.78 is 0. The van der Waals surface area contributed by atoms with Crippen LogP contribution in [0.3, 0.4) is 0 Å². The van der Waals surface area contributed by atoms with Crippen molar-refractivity contribution in [3.8, 4) is 0 Å². The third-order valence-corrected chi connectivity index (χ3v) is 3.09. The molecule has 0 amide bonds. The number of fused-ring (bicyclic) bond motifs is 1. The van der Waals surface area contributed by atoms with Crippen molar-refractivity contribution in [1.29, 1.82) is 0 Å². The van der Waals surface area contributed by atoms with Crippen LogP contribution in [-0.2, 0) is 0 Å². The third kappa shape index (κ3) is 1.53. The molecule has 1 aliphatic heterocycles. The quantitative estimate of drug-likeness (QED) is 0.722. The fraction of sp³-hybridized carbons (Fsp3) is 0.455. The van der Waals surface area contributed by atoms with Crippen molar-refractivity contribution < 1.29 is 0 Å². The summed E-state index contributed by atoms with van der Waals surface area (Å²) in [4.78, 5) is 0. The number of benzene rings is 1. The van der Waals surface area contributed by atoms with Crippen LogP contribution in [0.5, 0.6) is 0 Å². The van der Waals surface area contributed by atoms with Gasteiger partial charge in [0.05, 0.1) is 10.7 Å². The molecule has 1 aromatic carbocycles. The van der Waals surface area contributed by atoms with Gasteiger partial charge in [-0.1, -0.05) is 30.7 Å². The predicted molar refractivity (Wildman–Crippen MR) is 57.6 cm³/mol. The van der Waals surface area contributed by atoms with Gasteiger partial charge in [0.15, 0.2) is 0 Å². The summed E-state index contributed by atoms with van der Waals surface area (Å²) in [7, 11) is 0. The van der Waals surface area contributed by atoms with E-state index in [4.69, 9.17) is 11.6 Å². The van der Waals surface area contributed by atoms with Gasteiger partial charge < -0.3 is 5.32 Å². The first-order valence-electron chi connectivity index (χ1n) is 4.85. The Morgan fingerprint density at radius 3 is 3.15 bits per heavy atom. The van der Waals surface area contributed by atoms with Gasteiger partial charge in [-0.3, -0.25) is 0 Å². The molecule has 1 N–H and O–H groups in total. The molecule has 13 heavy (non-hydrogen) atoms. The van der Waals surface area contributed by atoms with Crippen LogP contribution in [0.2, 0.25) is 5.02 Å². The maximum Gasteiger partial charge on any atom is 0.0640 e. The minimum Gasteiger partial charge on any atom is -0.384 e. The third-order valence-electron chi connectivity index (χ3n) is 2.77. The number of nitrogens with one attached hydrogen (secondary N) is 1. The summed E-state index contributed by atoms with van der Waals surface area (Å²) in [6.07, 6.45) is 2.43. The predicted octanol–water partition coefficient (Wildman–Crippen LogP) is 3.65. The van der Waals surface area contributed by atoms with Crippen molar-refractivity contribution in [3.05, 3.63) is 28.8 Å². The summed E-state index contributed by atoms with van der Waals surface area (Å²) in [5.74, 6) is 0.690. The molecule has 2 rings (SSSR count). The number of para-hydroxylation sites is 1. The van der Waals surface area contributed by atoms with E-state index in [2.05, 4.69) is 18.3 Å². The Morgan fingerprint density at radius 1 is 1.54 bits per heavy atom. The topological polar surface area (TPSA) is 12.0 Å². The molecule has 0 aliphatic carbocycles. The lowest BCUT2D eigenvalue weighted by Gasteiger charge is -2.26. The summed E-state index contributed by atoms with van der Waals surface area (Å²) >= 11 is 6.10. The Bertz CT molecular complexity index is 309. The normalized spacial score (nSPS) is 20.6. The van der Waals surface area contributed by atoms with Gasteiger partial charge >= 0.3 is 0 Å². The maximum absolute atomic E-state index is 6.10. The van der Waals surface area contributed by atoms with Gasteiger partial charge in [-0.2, -0.15) is 0 Å². The van der Waals surface area contributed by atoms with E-state index in [1.807, 2.05) is 12.1 Å². The van der Waals surface area contributed by atoms with Crippen molar-refractivity contribution in [1.82, 2.24) is 0 Å². The SMILES string of the molecule is CCC1CCNc2c(Cl)cccc21. The fourth-order valence-electron chi connectivity index (χ4n) is 2.02. The van der Waals surface area contributed by atoms with E-state index >= 15 is 0 Å². The van der Waals surface area contributed by atoms with E-state index in [1.54, 1.807) is 0 Å². The zero-order valence-corrected chi connectivity index (χ0v) is 8.56. The molecule has 70 valence electrons. The number of halogens is 1. The van der Waals surface area contributed by atoms with Crippen LogP contribution in [0.1, 0.15) is 31.2 Å². The molecule has 1 heterocycles. The van der Waals surface area contributed by atoms with Gasteiger partial charge in [0.1, 0.15) is 0 Å². The van der Waals surface area contributed by atoms with Crippen LogP contribution >= 0.6 is 11.6 Å². The van der Waals surface area contributed by atoms with Crippen molar-refractivity contribution in [2.75, 3.05) is 11.9 Å². The smallest absolute Gasteiger partial charge is 0.0640 e. The lowest BCUT2D eigenvalue weighted by atomic mass is 9.89. The number of anilines is 1. The summed E-state index contributed by atoms with van der Waals surface area (Å²) in [6.45, 7) is 3.29. The Hall–Kier alpha value is -0.690. The highest BCUT2D eigenvalue weighted by Gasteiger charge is 2.19. The summed E-state index contributed by atoms with van der Waals surface area (Å²) in [5.41, 5.74) is 2.54. The first-order chi connectivity index (χ1) is 6.33.